The summed E-state index contributed by atoms with van der Waals surface area (Å²) in [7, 11) is 0. The average Bonchev–Trinajstić information content (AvgIpc) is 3.78. The zero-order valence-corrected chi connectivity index (χ0v) is 26.0. The molecule has 0 spiro atoms. The van der Waals surface area contributed by atoms with Gasteiger partial charge >= 0.3 is 0 Å². The van der Waals surface area contributed by atoms with Crippen molar-refractivity contribution >= 4 is 54.3 Å². The Balaban J connectivity index is 1.33. The van der Waals surface area contributed by atoms with Crippen LogP contribution in [0.25, 0.3) is 99.2 Å². The van der Waals surface area contributed by atoms with Gasteiger partial charge in [0, 0.05) is 21.9 Å². The molecule has 0 aliphatic heterocycles. The fourth-order valence-electron chi connectivity index (χ4n) is 7.50. The minimum atomic E-state index is 0.865. The summed E-state index contributed by atoms with van der Waals surface area (Å²) in [5.74, 6) is 1.73. The van der Waals surface area contributed by atoms with Gasteiger partial charge in [0.25, 0.3) is 0 Å². The molecule has 0 fully saturated rings. The summed E-state index contributed by atoms with van der Waals surface area (Å²) in [5.41, 5.74) is 8.61. The molecule has 0 unspecified atom stereocenters. The largest absolute Gasteiger partial charge is 0.456 e. The summed E-state index contributed by atoms with van der Waals surface area (Å²) in [4.78, 5) is 0. The molecule has 10 rings (SSSR count). The number of hydrogen-bond acceptors (Lipinski definition) is 2. The van der Waals surface area contributed by atoms with Crippen molar-refractivity contribution in [3.63, 3.8) is 0 Å². The Morgan fingerprint density at radius 1 is 0.271 bits per heavy atom. The van der Waals surface area contributed by atoms with Crippen molar-refractivity contribution in [1.29, 1.82) is 0 Å². The third-order valence-corrected chi connectivity index (χ3v) is 9.67. The summed E-state index contributed by atoms with van der Waals surface area (Å²) in [6.07, 6.45) is 0. The highest BCUT2D eigenvalue weighted by Crippen LogP contribution is 2.49. The molecular formula is C46H28O2. The third-order valence-electron chi connectivity index (χ3n) is 9.67. The van der Waals surface area contributed by atoms with Crippen molar-refractivity contribution in [3.05, 3.63) is 170 Å². The van der Waals surface area contributed by atoms with Gasteiger partial charge in [-0.2, -0.15) is 0 Å². The van der Waals surface area contributed by atoms with E-state index in [1.165, 1.54) is 43.4 Å². The number of hydrogen-bond donors (Lipinski definition) is 0. The van der Waals surface area contributed by atoms with Crippen molar-refractivity contribution in [1.82, 2.24) is 0 Å². The number of fused-ring (bicyclic) bond motifs is 5. The van der Waals surface area contributed by atoms with Crippen molar-refractivity contribution in [3.8, 4) is 44.9 Å². The lowest BCUT2D eigenvalue weighted by atomic mass is 9.82. The highest BCUT2D eigenvalue weighted by atomic mass is 16.3. The quantitative estimate of drug-likeness (QED) is 0.185. The van der Waals surface area contributed by atoms with Crippen molar-refractivity contribution in [2.24, 2.45) is 0 Å². The Kier molecular flexibility index (Phi) is 5.91. The monoisotopic (exact) mass is 612 g/mol. The Morgan fingerprint density at radius 2 is 0.625 bits per heavy atom. The van der Waals surface area contributed by atoms with Crippen molar-refractivity contribution in [2.75, 3.05) is 0 Å². The van der Waals surface area contributed by atoms with E-state index in [1.54, 1.807) is 0 Å². The maximum Gasteiger partial charge on any atom is 0.136 e. The standard InChI is InChI=1S/C46H28O2/c1-2-14-30-26-40-39(25-29(30)13-1)45(35-19-7-5-17-33(35)43-27-31-15-3-11-23-41(31)47-43)37-21-9-10-22-38(37)46(40)36-20-8-6-18-34(36)44-28-32-16-4-12-24-42(32)48-44/h1-28H. The van der Waals surface area contributed by atoms with E-state index in [9.17, 15) is 0 Å². The van der Waals surface area contributed by atoms with Crippen LogP contribution in [0.15, 0.2) is 179 Å². The zero-order valence-electron chi connectivity index (χ0n) is 26.0. The summed E-state index contributed by atoms with van der Waals surface area (Å²) >= 11 is 0. The molecule has 48 heavy (non-hydrogen) atoms. The molecule has 0 N–H and O–H groups in total. The summed E-state index contributed by atoms with van der Waals surface area (Å²) in [6.45, 7) is 0. The van der Waals surface area contributed by atoms with E-state index in [2.05, 4.69) is 146 Å². The van der Waals surface area contributed by atoms with Crippen molar-refractivity contribution < 1.29 is 8.83 Å². The van der Waals surface area contributed by atoms with Gasteiger partial charge in [-0.1, -0.05) is 133 Å². The lowest BCUT2D eigenvalue weighted by Crippen LogP contribution is -1.94. The maximum absolute atomic E-state index is 6.48. The lowest BCUT2D eigenvalue weighted by Gasteiger charge is -2.21. The highest BCUT2D eigenvalue weighted by molar-refractivity contribution is 6.25. The first-order chi connectivity index (χ1) is 23.8. The van der Waals surface area contributed by atoms with Crippen LogP contribution in [0.2, 0.25) is 0 Å². The lowest BCUT2D eigenvalue weighted by molar-refractivity contribution is 0.631. The molecule has 0 atom stereocenters. The Morgan fingerprint density at radius 3 is 1.06 bits per heavy atom. The maximum atomic E-state index is 6.48. The SMILES string of the molecule is c1ccc(-c2c3ccccc3c(-c3ccccc3-c3cc4ccccc4o3)c3cc4ccccc4cc23)c(-c2cc3ccccc3o2)c1. The highest BCUT2D eigenvalue weighted by Gasteiger charge is 2.22. The van der Waals surface area contributed by atoms with Gasteiger partial charge in [-0.3, -0.25) is 0 Å². The minimum absolute atomic E-state index is 0.865. The first-order valence-electron chi connectivity index (χ1n) is 16.3. The molecule has 2 nitrogen and oxygen atoms in total. The zero-order chi connectivity index (χ0) is 31.6. The molecule has 0 radical (unpaired) electrons. The van der Waals surface area contributed by atoms with E-state index in [1.807, 2.05) is 24.3 Å². The average molecular weight is 613 g/mol. The Bertz CT molecular complexity index is 2590. The predicted octanol–water partition coefficient (Wildman–Crippen LogP) is 13.3. The molecule has 0 amide bonds. The Hall–Kier alpha value is -6.38. The topological polar surface area (TPSA) is 26.3 Å². The molecule has 2 heteroatoms. The first kappa shape index (κ1) is 26.8. The van der Waals surface area contributed by atoms with Crippen molar-refractivity contribution in [2.45, 2.75) is 0 Å². The minimum Gasteiger partial charge on any atom is -0.456 e. The molecule has 0 aliphatic rings. The van der Waals surface area contributed by atoms with Gasteiger partial charge in [0.05, 0.1) is 0 Å². The van der Waals surface area contributed by atoms with Gasteiger partial charge in [-0.05, 0) is 91.0 Å². The number of benzene rings is 8. The second-order valence-electron chi connectivity index (χ2n) is 12.4. The van der Waals surface area contributed by atoms with E-state index in [0.717, 1.165) is 55.7 Å². The molecule has 2 heterocycles. The second-order valence-corrected chi connectivity index (χ2v) is 12.4. The Labute approximate surface area is 277 Å². The van der Waals surface area contributed by atoms with Gasteiger partial charge in [-0.25, -0.2) is 0 Å². The van der Waals surface area contributed by atoms with Gasteiger partial charge in [0.1, 0.15) is 22.7 Å². The molecule has 0 bridgehead atoms. The fraction of sp³-hybridized carbons (Fsp3) is 0. The van der Waals surface area contributed by atoms with E-state index in [-0.39, 0.29) is 0 Å². The summed E-state index contributed by atoms with van der Waals surface area (Å²) in [5, 5.41) is 9.40. The van der Waals surface area contributed by atoms with Gasteiger partial charge in [0.15, 0.2) is 0 Å². The molecule has 0 saturated heterocycles. The van der Waals surface area contributed by atoms with Crippen LogP contribution >= 0.6 is 0 Å². The van der Waals surface area contributed by atoms with E-state index in [4.69, 9.17) is 8.83 Å². The van der Waals surface area contributed by atoms with E-state index < -0.39 is 0 Å². The number of rotatable bonds is 4. The number of furan rings is 2. The molecule has 10 aromatic rings. The first-order valence-corrected chi connectivity index (χ1v) is 16.3. The fourth-order valence-corrected chi connectivity index (χ4v) is 7.50. The normalized spacial score (nSPS) is 11.8. The van der Waals surface area contributed by atoms with Crippen LogP contribution in [0, 0.1) is 0 Å². The molecule has 0 saturated carbocycles. The van der Waals surface area contributed by atoms with Crippen LogP contribution < -0.4 is 0 Å². The van der Waals surface area contributed by atoms with Crippen LogP contribution in [-0.2, 0) is 0 Å². The summed E-state index contributed by atoms with van der Waals surface area (Å²) in [6, 6.07) is 60.3. The van der Waals surface area contributed by atoms with Crippen LogP contribution in [0.4, 0.5) is 0 Å². The number of para-hydroxylation sites is 2. The third kappa shape index (κ3) is 4.13. The molecular weight excluding hydrogens is 585 g/mol. The van der Waals surface area contributed by atoms with Gasteiger partial charge in [-0.15, -0.1) is 0 Å². The molecule has 224 valence electrons. The molecule has 2 aromatic heterocycles. The van der Waals surface area contributed by atoms with Gasteiger partial charge < -0.3 is 8.83 Å². The van der Waals surface area contributed by atoms with Crippen LogP contribution in [0.5, 0.6) is 0 Å². The molecule has 8 aromatic carbocycles. The van der Waals surface area contributed by atoms with Gasteiger partial charge in [0.2, 0.25) is 0 Å². The van der Waals surface area contributed by atoms with Crippen LogP contribution in [-0.4, -0.2) is 0 Å². The predicted molar refractivity (Wildman–Crippen MR) is 200 cm³/mol. The van der Waals surface area contributed by atoms with Crippen LogP contribution in [0.3, 0.4) is 0 Å². The van der Waals surface area contributed by atoms with Crippen LogP contribution in [0.1, 0.15) is 0 Å². The van der Waals surface area contributed by atoms with E-state index in [0.29, 0.717) is 0 Å². The second kappa shape index (κ2) is 10.6. The molecule has 0 aliphatic carbocycles. The summed E-state index contributed by atoms with van der Waals surface area (Å²) < 4.78 is 13.0. The smallest absolute Gasteiger partial charge is 0.136 e. The van der Waals surface area contributed by atoms with E-state index >= 15 is 0 Å².